The second kappa shape index (κ2) is 5.21. The standard InChI is InChI=1S/C25H32O3/c1-3-24-8-6-15-14-5-4-13(26)10-16(14)17-11-18(17)22(15)23(24)19-12-20(19)25(24)9-7-21(27-2)28-25/h7,9-10,14-15,17-23H,3-6,8,11-12H2,1-2H3/t14-,15?,17-,18-,19-,20+,21?,22?,23?,24+,25+/m1/s1. The average Bonchev–Trinajstić information content (AvgIpc) is 3.62. The van der Waals surface area contributed by atoms with Crippen molar-refractivity contribution < 1.29 is 14.3 Å². The lowest BCUT2D eigenvalue weighted by Gasteiger charge is -2.58. The summed E-state index contributed by atoms with van der Waals surface area (Å²) in [6.07, 6.45) is 15.1. The van der Waals surface area contributed by atoms with Crippen molar-refractivity contribution in [3.8, 4) is 0 Å². The van der Waals surface area contributed by atoms with Crippen molar-refractivity contribution >= 4 is 5.78 Å². The number of allylic oxidation sites excluding steroid dienone is 1. The molecule has 0 radical (unpaired) electrons. The minimum Gasteiger partial charge on any atom is -0.352 e. The van der Waals surface area contributed by atoms with Gasteiger partial charge in [0.2, 0.25) is 0 Å². The van der Waals surface area contributed by atoms with Gasteiger partial charge in [0.15, 0.2) is 12.1 Å². The second-order valence-electron chi connectivity index (χ2n) is 11.0. The van der Waals surface area contributed by atoms with Crippen LogP contribution in [0.5, 0.6) is 0 Å². The van der Waals surface area contributed by atoms with Crippen LogP contribution in [-0.2, 0) is 14.3 Å². The maximum absolute atomic E-state index is 12.1. The molecule has 3 nitrogen and oxygen atoms in total. The van der Waals surface area contributed by atoms with Gasteiger partial charge in [-0.1, -0.05) is 18.6 Å². The van der Waals surface area contributed by atoms with E-state index in [2.05, 4.69) is 25.2 Å². The number of hydrogen-bond acceptors (Lipinski definition) is 3. The highest BCUT2D eigenvalue weighted by atomic mass is 16.7. The van der Waals surface area contributed by atoms with Gasteiger partial charge in [-0.05, 0) is 98.0 Å². The fourth-order valence-electron chi connectivity index (χ4n) is 9.59. The maximum atomic E-state index is 12.1. The summed E-state index contributed by atoms with van der Waals surface area (Å²) >= 11 is 0. The summed E-state index contributed by atoms with van der Waals surface area (Å²) in [6.45, 7) is 2.43. The normalized spacial score (nSPS) is 59.9. The smallest absolute Gasteiger partial charge is 0.177 e. The van der Waals surface area contributed by atoms with Crippen LogP contribution in [0, 0.1) is 52.8 Å². The zero-order valence-corrected chi connectivity index (χ0v) is 17.1. The van der Waals surface area contributed by atoms with Crippen LogP contribution >= 0.6 is 0 Å². The van der Waals surface area contributed by atoms with Crippen molar-refractivity contribution in [2.75, 3.05) is 7.11 Å². The summed E-state index contributed by atoms with van der Waals surface area (Å²) in [5, 5.41) is 0. The molecule has 11 atom stereocenters. The molecule has 1 heterocycles. The predicted octanol–water partition coefficient (Wildman–Crippen LogP) is 4.53. The number of carbonyl (C=O) groups excluding carboxylic acids is 1. The first-order chi connectivity index (χ1) is 13.6. The molecule has 0 aromatic carbocycles. The Morgan fingerprint density at radius 3 is 2.86 bits per heavy atom. The highest BCUT2D eigenvalue weighted by Gasteiger charge is 2.79. The molecule has 150 valence electrons. The lowest BCUT2D eigenvalue weighted by atomic mass is 9.48. The van der Waals surface area contributed by atoms with Gasteiger partial charge in [-0.2, -0.15) is 0 Å². The molecule has 4 unspecified atom stereocenters. The van der Waals surface area contributed by atoms with Crippen molar-refractivity contribution in [3.05, 3.63) is 23.8 Å². The number of rotatable bonds is 2. The number of hydrogen-bond donors (Lipinski definition) is 0. The van der Waals surface area contributed by atoms with Crippen LogP contribution in [0.25, 0.3) is 0 Å². The van der Waals surface area contributed by atoms with E-state index in [0.717, 1.165) is 54.3 Å². The van der Waals surface area contributed by atoms with Crippen molar-refractivity contribution in [2.45, 2.75) is 63.8 Å². The Hall–Kier alpha value is -0.930. The Bertz CT molecular complexity index is 813. The molecule has 0 amide bonds. The molecule has 0 bridgehead atoms. The molecular weight excluding hydrogens is 348 g/mol. The summed E-state index contributed by atoms with van der Waals surface area (Å²) in [5.41, 5.74) is 1.82. The topological polar surface area (TPSA) is 35.5 Å². The van der Waals surface area contributed by atoms with E-state index in [9.17, 15) is 4.79 Å². The van der Waals surface area contributed by atoms with Gasteiger partial charge in [0.05, 0.1) is 5.60 Å². The average molecular weight is 381 g/mol. The van der Waals surface area contributed by atoms with Gasteiger partial charge in [-0.15, -0.1) is 0 Å². The number of fused-ring (bicyclic) bond motifs is 12. The Labute approximate surface area is 167 Å². The van der Waals surface area contributed by atoms with Gasteiger partial charge in [0.25, 0.3) is 0 Å². The number of ether oxygens (including phenoxy) is 2. The Morgan fingerprint density at radius 1 is 1.18 bits per heavy atom. The molecule has 0 N–H and O–H groups in total. The van der Waals surface area contributed by atoms with Crippen LogP contribution in [0.1, 0.15) is 51.9 Å². The lowest BCUT2D eigenvalue weighted by Crippen LogP contribution is -2.57. The molecular formula is C25H32O3. The molecule has 7 aliphatic rings. The summed E-state index contributed by atoms with van der Waals surface area (Å²) < 4.78 is 12.3. The third-order valence-corrected chi connectivity index (χ3v) is 10.5. The molecule has 0 saturated heterocycles. The summed E-state index contributed by atoms with van der Waals surface area (Å²) in [7, 11) is 1.77. The van der Waals surface area contributed by atoms with E-state index in [0.29, 0.717) is 17.1 Å². The SMILES string of the molecule is CC[C@]12CCC3C(C1[C@@H]1C[C@@H]1[C@@]21C=CC(OC)O1)[C@@H]1C[C@@H]1C1=CC(=O)CC[C@@H]13. The fraction of sp³-hybridized carbons (Fsp3) is 0.800. The highest BCUT2D eigenvalue weighted by Crippen LogP contribution is 2.81. The first kappa shape index (κ1) is 16.8. The quantitative estimate of drug-likeness (QED) is 0.661. The number of ketones is 1. The first-order valence-electron chi connectivity index (χ1n) is 11.8. The van der Waals surface area contributed by atoms with Gasteiger partial charge in [-0.25, -0.2) is 0 Å². The summed E-state index contributed by atoms with van der Waals surface area (Å²) in [6, 6.07) is 0. The van der Waals surface area contributed by atoms with E-state index in [1.807, 2.05) is 0 Å². The minimum absolute atomic E-state index is 0.0637. The fourth-order valence-corrected chi connectivity index (χ4v) is 9.59. The summed E-state index contributed by atoms with van der Waals surface area (Å²) in [5.74, 6) is 6.82. The van der Waals surface area contributed by atoms with E-state index in [-0.39, 0.29) is 11.9 Å². The highest BCUT2D eigenvalue weighted by molar-refractivity contribution is 5.91. The van der Waals surface area contributed by atoms with Crippen molar-refractivity contribution in [3.63, 3.8) is 0 Å². The van der Waals surface area contributed by atoms with E-state index >= 15 is 0 Å². The van der Waals surface area contributed by atoms with Crippen molar-refractivity contribution in [1.82, 2.24) is 0 Å². The number of methoxy groups -OCH3 is 1. The monoisotopic (exact) mass is 380 g/mol. The molecule has 1 aliphatic heterocycles. The molecule has 0 aromatic rings. The molecule has 1 spiro atoms. The number of carbonyl (C=O) groups is 1. The van der Waals surface area contributed by atoms with E-state index in [4.69, 9.17) is 9.47 Å². The van der Waals surface area contributed by atoms with E-state index in [1.54, 1.807) is 12.7 Å². The van der Waals surface area contributed by atoms with Crippen LogP contribution < -0.4 is 0 Å². The van der Waals surface area contributed by atoms with Gasteiger partial charge < -0.3 is 9.47 Å². The molecule has 5 fully saturated rings. The maximum Gasteiger partial charge on any atom is 0.177 e. The van der Waals surface area contributed by atoms with E-state index in [1.165, 1.54) is 32.1 Å². The molecule has 28 heavy (non-hydrogen) atoms. The van der Waals surface area contributed by atoms with Crippen LogP contribution in [0.15, 0.2) is 23.8 Å². The van der Waals surface area contributed by atoms with Gasteiger partial charge in [-0.3, -0.25) is 4.79 Å². The molecule has 5 saturated carbocycles. The van der Waals surface area contributed by atoms with Crippen LogP contribution in [-0.4, -0.2) is 24.8 Å². The third-order valence-electron chi connectivity index (χ3n) is 10.5. The summed E-state index contributed by atoms with van der Waals surface area (Å²) in [4.78, 5) is 12.1. The first-order valence-corrected chi connectivity index (χ1v) is 11.8. The van der Waals surface area contributed by atoms with Crippen LogP contribution in [0.2, 0.25) is 0 Å². The predicted molar refractivity (Wildman–Crippen MR) is 105 cm³/mol. The minimum atomic E-state index is -0.153. The largest absolute Gasteiger partial charge is 0.352 e. The van der Waals surface area contributed by atoms with Crippen LogP contribution in [0.4, 0.5) is 0 Å². The van der Waals surface area contributed by atoms with Gasteiger partial charge in [0, 0.05) is 18.9 Å². The lowest BCUT2D eigenvalue weighted by molar-refractivity contribution is -0.211. The van der Waals surface area contributed by atoms with Crippen molar-refractivity contribution in [2.24, 2.45) is 52.8 Å². The Morgan fingerprint density at radius 2 is 2.07 bits per heavy atom. The van der Waals surface area contributed by atoms with Gasteiger partial charge >= 0.3 is 0 Å². The van der Waals surface area contributed by atoms with Gasteiger partial charge in [0.1, 0.15) is 0 Å². The zero-order chi connectivity index (χ0) is 18.8. The zero-order valence-electron chi connectivity index (χ0n) is 17.1. The van der Waals surface area contributed by atoms with Crippen molar-refractivity contribution in [1.29, 1.82) is 0 Å². The Kier molecular flexibility index (Phi) is 3.13. The van der Waals surface area contributed by atoms with E-state index < -0.39 is 0 Å². The molecule has 0 aromatic heterocycles. The third kappa shape index (κ3) is 1.75. The second-order valence-corrected chi connectivity index (χ2v) is 11.0. The molecule has 3 heteroatoms. The molecule has 7 rings (SSSR count). The Balaban J connectivity index is 1.30. The molecule has 6 aliphatic carbocycles. The van der Waals surface area contributed by atoms with Crippen LogP contribution in [0.3, 0.4) is 0 Å².